The molecule has 0 saturated carbocycles. The summed E-state index contributed by atoms with van der Waals surface area (Å²) in [5.41, 5.74) is 7.14. The summed E-state index contributed by atoms with van der Waals surface area (Å²) in [6.45, 7) is 4.14. The van der Waals surface area contributed by atoms with E-state index in [4.69, 9.17) is 4.74 Å². The van der Waals surface area contributed by atoms with Crippen LogP contribution < -0.4 is 5.32 Å². The molecule has 0 spiro atoms. The minimum atomic E-state index is -0.482. The Kier molecular flexibility index (Phi) is 5.45. The molecule has 1 aliphatic carbocycles. The molecule has 0 saturated heterocycles. The number of phenolic OH excluding ortho intramolecular Hbond substituents is 1. The fourth-order valence-electron chi connectivity index (χ4n) is 3.94. The van der Waals surface area contributed by atoms with E-state index in [1.807, 2.05) is 50.2 Å². The Balaban J connectivity index is 1.35. The summed E-state index contributed by atoms with van der Waals surface area (Å²) in [6.07, 6.45) is -0.482. The zero-order valence-electron chi connectivity index (χ0n) is 17.0. The molecular weight excluding hydrogens is 374 g/mol. The third kappa shape index (κ3) is 3.88. The van der Waals surface area contributed by atoms with E-state index in [9.17, 15) is 9.90 Å². The average Bonchev–Trinajstić information content (AvgIpc) is 3.07. The van der Waals surface area contributed by atoms with E-state index in [2.05, 4.69) is 41.4 Å². The van der Waals surface area contributed by atoms with Gasteiger partial charge in [0.25, 0.3) is 0 Å². The quantitative estimate of drug-likeness (QED) is 0.618. The molecule has 1 aliphatic rings. The molecule has 4 rings (SSSR count). The molecule has 0 atom stereocenters. The molecule has 3 aromatic carbocycles. The fourth-order valence-corrected chi connectivity index (χ4v) is 3.94. The van der Waals surface area contributed by atoms with Gasteiger partial charge >= 0.3 is 6.09 Å². The number of ether oxygens (including phenoxy) is 1. The highest BCUT2D eigenvalue weighted by Crippen LogP contribution is 2.44. The van der Waals surface area contributed by atoms with E-state index in [0.717, 1.165) is 16.7 Å². The number of benzene rings is 3. The molecule has 150 valence electrons. The van der Waals surface area contributed by atoms with Gasteiger partial charge < -0.3 is 15.2 Å². The van der Waals surface area contributed by atoms with Gasteiger partial charge in [-0.1, -0.05) is 60.4 Å². The van der Waals surface area contributed by atoms with Crippen molar-refractivity contribution in [1.29, 1.82) is 0 Å². The van der Waals surface area contributed by atoms with Crippen molar-refractivity contribution in [2.45, 2.75) is 19.8 Å². The van der Waals surface area contributed by atoms with Crippen LogP contribution >= 0.6 is 0 Å². The molecule has 0 fully saturated rings. The SMILES string of the molecule is Cc1cc(C#CCNC(=O)OCC2c3ccccc3-c3ccccc32)cc(C)c1O. The van der Waals surface area contributed by atoms with Crippen LogP contribution in [0, 0.1) is 25.7 Å². The monoisotopic (exact) mass is 397 g/mol. The van der Waals surface area contributed by atoms with E-state index in [1.54, 1.807) is 0 Å². The molecule has 0 aromatic heterocycles. The summed E-state index contributed by atoms with van der Waals surface area (Å²) in [7, 11) is 0. The number of aromatic hydroxyl groups is 1. The van der Waals surface area contributed by atoms with Crippen molar-refractivity contribution in [3.63, 3.8) is 0 Å². The molecule has 4 heteroatoms. The number of nitrogens with one attached hydrogen (secondary N) is 1. The second kappa shape index (κ2) is 8.34. The van der Waals surface area contributed by atoms with Crippen LogP contribution in [0.2, 0.25) is 0 Å². The molecule has 30 heavy (non-hydrogen) atoms. The van der Waals surface area contributed by atoms with E-state index < -0.39 is 6.09 Å². The summed E-state index contributed by atoms with van der Waals surface area (Å²) in [6, 6.07) is 20.1. The summed E-state index contributed by atoms with van der Waals surface area (Å²) >= 11 is 0. The highest BCUT2D eigenvalue weighted by atomic mass is 16.5. The van der Waals surface area contributed by atoms with Crippen LogP contribution in [0.25, 0.3) is 11.1 Å². The van der Waals surface area contributed by atoms with Gasteiger partial charge in [-0.25, -0.2) is 4.79 Å². The number of aryl methyl sites for hydroxylation is 2. The number of fused-ring (bicyclic) bond motifs is 3. The molecule has 4 nitrogen and oxygen atoms in total. The molecule has 3 aromatic rings. The van der Waals surface area contributed by atoms with Gasteiger partial charge in [0.1, 0.15) is 12.4 Å². The Bertz CT molecular complexity index is 1100. The Morgan fingerprint density at radius 3 is 2.17 bits per heavy atom. The first kappa shape index (κ1) is 19.6. The molecule has 1 amide bonds. The minimum absolute atomic E-state index is 0.0391. The smallest absolute Gasteiger partial charge is 0.407 e. The summed E-state index contributed by atoms with van der Waals surface area (Å²) in [5, 5.41) is 12.5. The number of phenols is 1. The largest absolute Gasteiger partial charge is 0.507 e. The minimum Gasteiger partial charge on any atom is -0.507 e. The molecule has 0 bridgehead atoms. The molecular formula is C26H23NO3. The first-order valence-electron chi connectivity index (χ1n) is 9.92. The van der Waals surface area contributed by atoms with Gasteiger partial charge in [-0.2, -0.15) is 0 Å². The van der Waals surface area contributed by atoms with E-state index >= 15 is 0 Å². The number of carbonyl (C=O) groups excluding carboxylic acids is 1. The van der Waals surface area contributed by atoms with Crippen LogP contribution in [0.15, 0.2) is 60.7 Å². The van der Waals surface area contributed by atoms with Crippen LogP contribution in [0.1, 0.15) is 33.7 Å². The maximum Gasteiger partial charge on any atom is 0.407 e. The number of hydrogen-bond acceptors (Lipinski definition) is 3. The van der Waals surface area contributed by atoms with Crippen molar-refractivity contribution in [3.05, 3.63) is 88.5 Å². The van der Waals surface area contributed by atoms with Gasteiger partial charge in [0.2, 0.25) is 0 Å². The normalized spacial score (nSPS) is 11.8. The van der Waals surface area contributed by atoms with E-state index in [0.29, 0.717) is 0 Å². The number of hydrogen-bond donors (Lipinski definition) is 2. The molecule has 2 N–H and O–H groups in total. The van der Waals surface area contributed by atoms with Crippen molar-refractivity contribution in [2.24, 2.45) is 0 Å². The second-order valence-corrected chi connectivity index (χ2v) is 7.44. The number of amides is 1. The number of alkyl carbamates (subject to hydrolysis) is 1. The van der Waals surface area contributed by atoms with Gasteiger partial charge in [-0.05, 0) is 59.4 Å². The average molecular weight is 397 g/mol. The lowest BCUT2D eigenvalue weighted by Crippen LogP contribution is -2.26. The zero-order valence-corrected chi connectivity index (χ0v) is 17.0. The van der Waals surface area contributed by atoms with Crippen LogP contribution in [0.3, 0.4) is 0 Å². The third-order valence-corrected chi connectivity index (χ3v) is 5.39. The lowest BCUT2D eigenvalue weighted by Gasteiger charge is -2.14. The van der Waals surface area contributed by atoms with Gasteiger partial charge in [0, 0.05) is 11.5 Å². The van der Waals surface area contributed by atoms with E-state index in [-0.39, 0.29) is 24.8 Å². The van der Waals surface area contributed by atoms with Gasteiger partial charge in [0.05, 0.1) is 6.54 Å². The standard InChI is InChI=1S/C26H23NO3/c1-17-14-19(15-18(2)25(17)28)8-7-13-27-26(29)30-16-24-22-11-5-3-9-20(22)21-10-4-6-12-23(21)24/h3-6,9-12,14-15,24,28H,13,16H2,1-2H3,(H,27,29). The van der Waals surface area contributed by atoms with Crippen molar-refractivity contribution < 1.29 is 14.6 Å². The Labute approximate surface area is 176 Å². The molecule has 0 heterocycles. The predicted octanol–water partition coefficient (Wildman–Crippen LogP) is 4.90. The first-order valence-corrected chi connectivity index (χ1v) is 9.92. The van der Waals surface area contributed by atoms with Crippen molar-refractivity contribution in [3.8, 4) is 28.7 Å². The Hall–Kier alpha value is -3.71. The fraction of sp³-hybridized carbons (Fsp3) is 0.192. The predicted molar refractivity (Wildman–Crippen MR) is 118 cm³/mol. The van der Waals surface area contributed by atoms with Crippen LogP contribution in [-0.2, 0) is 4.74 Å². The maximum atomic E-state index is 12.2. The van der Waals surface area contributed by atoms with Gasteiger partial charge in [-0.3, -0.25) is 0 Å². The summed E-state index contributed by atoms with van der Waals surface area (Å²) in [5.74, 6) is 6.25. The third-order valence-electron chi connectivity index (χ3n) is 5.39. The lowest BCUT2D eigenvalue weighted by atomic mass is 9.98. The molecule has 0 aliphatic heterocycles. The Morgan fingerprint density at radius 2 is 1.57 bits per heavy atom. The second-order valence-electron chi connectivity index (χ2n) is 7.44. The molecule has 0 unspecified atom stereocenters. The zero-order chi connectivity index (χ0) is 21.1. The lowest BCUT2D eigenvalue weighted by molar-refractivity contribution is 0.144. The van der Waals surface area contributed by atoms with Crippen LogP contribution in [0.4, 0.5) is 4.79 Å². The highest BCUT2D eigenvalue weighted by Gasteiger charge is 2.28. The number of carbonyl (C=O) groups is 1. The molecule has 0 radical (unpaired) electrons. The summed E-state index contributed by atoms with van der Waals surface area (Å²) < 4.78 is 5.50. The van der Waals surface area contributed by atoms with Gasteiger partial charge in [-0.15, -0.1) is 0 Å². The van der Waals surface area contributed by atoms with Gasteiger partial charge in [0.15, 0.2) is 0 Å². The highest BCUT2D eigenvalue weighted by molar-refractivity contribution is 5.79. The Morgan fingerprint density at radius 1 is 1.00 bits per heavy atom. The van der Waals surface area contributed by atoms with Crippen molar-refractivity contribution in [1.82, 2.24) is 5.32 Å². The first-order chi connectivity index (χ1) is 14.5. The summed E-state index contributed by atoms with van der Waals surface area (Å²) in [4.78, 5) is 12.2. The topological polar surface area (TPSA) is 58.6 Å². The van der Waals surface area contributed by atoms with Crippen molar-refractivity contribution in [2.75, 3.05) is 13.2 Å². The van der Waals surface area contributed by atoms with Crippen molar-refractivity contribution >= 4 is 6.09 Å². The maximum absolute atomic E-state index is 12.2. The van der Waals surface area contributed by atoms with Crippen LogP contribution in [0.5, 0.6) is 5.75 Å². The van der Waals surface area contributed by atoms with E-state index in [1.165, 1.54) is 22.3 Å². The van der Waals surface area contributed by atoms with Crippen LogP contribution in [-0.4, -0.2) is 24.4 Å². The number of rotatable bonds is 3.